The minimum absolute atomic E-state index is 0.135. The topological polar surface area (TPSA) is 85.4 Å². The average molecular weight is 415 g/mol. The lowest BCUT2D eigenvalue weighted by molar-refractivity contribution is -0.119. The van der Waals surface area contributed by atoms with Crippen LogP contribution in [0.1, 0.15) is 37.5 Å². The van der Waals surface area contributed by atoms with Crippen molar-refractivity contribution in [2.75, 3.05) is 6.61 Å². The van der Waals surface area contributed by atoms with Gasteiger partial charge in [0, 0.05) is 11.8 Å². The summed E-state index contributed by atoms with van der Waals surface area (Å²) in [5.74, 6) is -0.997. The van der Waals surface area contributed by atoms with Crippen molar-refractivity contribution in [1.29, 1.82) is 0 Å². The highest BCUT2D eigenvalue weighted by atomic mass is 32.1. The van der Waals surface area contributed by atoms with Crippen LogP contribution in [0.2, 0.25) is 0 Å². The standard InChI is InChI=1S/C20H18N2O4S2/c1-12-15(6-7-16(22-12)18-4-3-9-27-18)20(25)26-11-17(24)19-8-5-14(28-19)10-21-13(2)23/h3-9H,10-11H2,1-2H3,(H,21,23). The summed E-state index contributed by atoms with van der Waals surface area (Å²) in [6.07, 6.45) is 0. The molecule has 1 amide bonds. The van der Waals surface area contributed by atoms with Crippen molar-refractivity contribution in [1.82, 2.24) is 10.3 Å². The first kappa shape index (κ1) is 19.9. The lowest BCUT2D eigenvalue weighted by Crippen LogP contribution is -2.18. The van der Waals surface area contributed by atoms with E-state index in [4.69, 9.17) is 4.74 Å². The maximum Gasteiger partial charge on any atom is 0.340 e. The fourth-order valence-electron chi connectivity index (χ4n) is 2.45. The fourth-order valence-corrected chi connectivity index (χ4v) is 4.02. The first-order chi connectivity index (χ1) is 13.4. The fraction of sp³-hybridized carbons (Fsp3) is 0.200. The third kappa shape index (κ3) is 4.90. The van der Waals surface area contributed by atoms with Crippen molar-refractivity contribution >= 4 is 40.3 Å². The van der Waals surface area contributed by atoms with E-state index in [9.17, 15) is 14.4 Å². The Kier molecular flexibility index (Phi) is 6.33. The highest BCUT2D eigenvalue weighted by Crippen LogP contribution is 2.24. The Bertz CT molecular complexity index is 1010. The van der Waals surface area contributed by atoms with Crippen molar-refractivity contribution in [2.24, 2.45) is 0 Å². The van der Waals surface area contributed by atoms with E-state index < -0.39 is 5.97 Å². The molecular formula is C20H18N2O4S2. The van der Waals surface area contributed by atoms with Crippen molar-refractivity contribution in [3.63, 3.8) is 0 Å². The number of ketones is 1. The Morgan fingerprint density at radius 1 is 1.14 bits per heavy atom. The van der Waals surface area contributed by atoms with Crippen LogP contribution in [0.5, 0.6) is 0 Å². The van der Waals surface area contributed by atoms with Crippen LogP contribution < -0.4 is 5.32 Å². The van der Waals surface area contributed by atoms with Gasteiger partial charge in [0.25, 0.3) is 0 Å². The van der Waals surface area contributed by atoms with Crippen LogP contribution in [0.3, 0.4) is 0 Å². The molecule has 0 bridgehead atoms. The molecule has 144 valence electrons. The quantitative estimate of drug-likeness (QED) is 0.469. The number of aryl methyl sites for hydroxylation is 1. The molecule has 0 saturated carbocycles. The number of rotatable bonds is 7. The number of hydrogen-bond acceptors (Lipinski definition) is 7. The van der Waals surface area contributed by atoms with Crippen LogP contribution in [0.25, 0.3) is 10.6 Å². The molecule has 0 spiro atoms. The number of thiophene rings is 2. The van der Waals surface area contributed by atoms with Gasteiger partial charge in [-0.2, -0.15) is 0 Å². The highest BCUT2D eigenvalue weighted by molar-refractivity contribution is 7.14. The van der Waals surface area contributed by atoms with E-state index in [0.29, 0.717) is 22.7 Å². The Hall–Kier alpha value is -2.84. The van der Waals surface area contributed by atoms with Crippen LogP contribution in [-0.2, 0) is 16.1 Å². The molecule has 0 aliphatic heterocycles. The first-order valence-corrected chi connectivity index (χ1v) is 10.2. The molecule has 6 nitrogen and oxygen atoms in total. The Morgan fingerprint density at radius 3 is 2.64 bits per heavy atom. The molecule has 3 aromatic rings. The number of carbonyl (C=O) groups excluding carboxylic acids is 3. The molecule has 0 fully saturated rings. The molecule has 3 rings (SSSR count). The van der Waals surface area contributed by atoms with Gasteiger partial charge in [0.05, 0.1) is 33.3 Å². The zero-order valence-electron chi connectivity index (χ0n) is 15.4. The summed E-state index contributed by atoms with van der Waals surface area (Å²) in [6, 6.07) is 10.8. The van der Waals surface area contributed by atoms with Crippen LogP contribution in [0.15, 0.2) is 41.8 Å². The van der Waals surface area contributed by atoms with Crippen LogP contribution in [0, 0.1) is 6.92 Å². The van der Waals surface area contributed by atoms with E-state index in [1.165, 1.54) is 18.3 Å². The lowest BCUT2D eigenvalue weighted by atomic mass is 10.1. The van der Waals surface area contributed by atoms with Gasteiger partial charge in [-0.3, -0.25) is 14.6 Å². The van der Waals surface area contributed by atoms with Gasteiger partial charge in [-0.1, -0.05) is 6.07 Å². The number of nitrogens with zero attached hydrogens (tertiary/aromatic N) is 1. The number of ether oxygens (including phenoxy) is 1. The zero-order valence-corrected chi connectivity index (χ0v) is 17.0. The third-order valence-corrected chi connectivity index (χ3v) is 5.88. The smallest absolute Gasteiger partial charge is 0.340 e. The molecule has 8 heteroatoms. The molecule has 3 heterocycles. The largest absolute Gasteiger partial charge is 0.454 e. The minimum Gasteiger partial charge on any atom is -0.454 e. The summed E-state index contributed by atoms with van der Waals surface area (Å²) in [7, 11) is 0. The number of nitrogens with one attached hydrogen (secondary N) is 1. The Morgan fingerprint density at radius 2 is 1.96 bits per heavy atom. The van der Waals surface area contributed by atoms with E-state index in [2.05, 4.69) is 10.3 Å². The number of esters is 1. The summed E-state index contributed by atoms with van der Waals surface area (Å²) in [6.45, 7) is 3.20. The van der Waals surface area contributed by atoms with Gasteiger partial charge >= 0.3 is 5.97 Å². The Balaban J connectivity index is 1.59. The number of aromatic nitrogens is 1. The van der Waals surface area contributed by atoms with E-state index >= 15 is 0 Å². The summed E-state index contributed by atoms with van der Waals surface area (Å²) in [4.78, 5) is 42.3. The molecule has 3 aromatic heterocycles. The summed E-state index contributed by atoms with van der Waals surface area (Å²) < 4.78 is 5.17. The summed E-state index contributed by atoms with van der Waals surface area (Å²) in [5, 5.41) is 4.64. The SMILES string of the molecule is CC(=O)NCc1ccc(C(=O)COC(=O)c2ccc(-c3cccs3)nc2C)s1. The molecule has 0 aromatic carbocycles. The van der Waals surface area contributed by atoms with E-state index in [-0.39, 0.29) is 18.3 Å². The number of Topliss-reactive ketones (excluding diaryl/α,β-unsaturated/α-hetero) is 1. The first-order valence-electron chi connectivity index (χ1n) is 8.49. The lowest BCUT2D eigenvalue weighted by Gasteiger charge is -2.07. The van der Waals surface area contributed by atoms with Crippen molar-refractivity contribution in [2.45, 2.75) is 20.4 Å². The predicted octanol–water partition coefficient (Wildman–Crippen LogP) is 3.86. The second-order valence-corrected chi connectivity index (χ2v) is 8.10. The number of pyridine rings is 1. The number of carbonyl (C=O) groups is 3. The second kappa shape index (κ2) is 8.90. The predicted molar refractivity (Wildman–Crippen MR) is 109 cm³/mol. The van der Waals surface area contributed by atoms with Gasteiger partial charge in [-0.05, 0) is 42.6 Å². The highest BCUT2D eigenvalue weighted by Gasteiger charge is 2.16. The van der Waals surface area contributed by atoms with E-state index in [1.54, 1.807) is 42.5 Å². The monoisotopic (exact) mass is 414 g/mol. The normalized spacial score (nSPS) is 10.5. The third-order valence-electron chi connectivity index (χ3n) is 3.86. The Labute approximate surface area is 170 Å². The van der Waals surface area contributed by atoms with Gasteiger partial charge in [0.15, 0.2) is 6.61 Å². The molecule has 0 atom stereocenters. The molecule has 0 radical (unpaired) electrons. The van der Waals surface area contributed by atoms with Gasteiger partial charge in [-0.25, -0.2) is 4.79 Å². The van der Waals surface area contributed by atoms with Crippen LogP contribution in [0.4, 0.5) is 0 Å². The number of hydrogen-bond donors (Lipinski definition) is 1. The molecular weight excluding hydrogens is 396 g/mol. The van der Waals surface area contributed by atoms with Crippen LogP contribution in [-0.4, -0.2) is 29.3 Å². The van der Waals surface area contributed by atoms with Crippen molar-refractivity contribution < 1.29 is 19.1 Å². The van der Waals surface area contributed by atoms with Crippen LogP contribution >= 0.6 is 22.7 Å². The molecule has 1 N–H and O–H groups in total. The van der Waals surface area contributed by atoms with Gasteiger partial charge in [0.1, 0.15) is 0 Å². The van der Waals surface area contributed by atoms with E-state index in [0.717, 1.165) is 15.4 Å². The second-order valence-electron chi connectivity index (χ2n) is 5.98. The summed E-state index contributed by atoms with van der Waals surface area (Å²) >= 11 is 2.84. The molecule has 0 unspecified atom stereocenters. The molecule has 0 saturated heterocycles. The minimum atomic E-state index is -0.578. The maximum absolute atomic E-state index is 12.3. The maximum atomic E-state index is 12.3. The van der Waals surface area contributed by atoms with E-state index in [1.807, 2.05) is 17.5 Å². The number of amides is 1. The van der Waals surface area contributed by atoms with Crippen molar-refractivity contribution in [3.05, 3.63) is 62.8 Å². The molecule has 0 aliphatic carbocycles. The van der Waals surface area contributed by atoms with Gasteiger partial charge in [0.2, 0.25) is 11.7 Å². The van der Waals surface area contributed by atoms with Gasteiger partial charge < -0.3 is 10.1 Å². The molecule has 28 heavy (non-hydrogen) atoms. The average Bonchev–Trinajstić information content (AvgIpc) is 3.36. The molecule has 0 aliphatic rings. The summed E-state index contributed by atoms with van der Waals surface area (Å²) in [5.41, 5.74) is 1.69. The van der Waals surface area contributed by atoms with Crippen molar-refractivity contribution in [3.8, 4) is 10.6 Å². The van der Waals surface area contributed by atoms with Gasteiger partial charge in [-0.15, -0.1) is 22.7 Å². The zero-order chi connectivity index (χ0) is 20.1.